The second-order valence-electron chi connectivity index (χ2n) is 2.87. The molecule has 0 unspecified atom stereocenters. The van der Waals surface area contributed by atoms with Crippen LogP contribution < -0.4 is 5.32 Å². The Morgan fingerprint density at radius 3 is 3.25 bits per heavy atom. The lowest BCUT2D eigenvalue weighted by Gasteiger charge is -2.01. The van der Waals surface area contributed by atoms with Gasteiger partial charge in [0.15, 0.2) is 5.16 Å². The highest BCUT2D eigenvalue weighted by atomic mass is 32.2. The zero-order valence-corrected chi connectivity index (χ0v) is 9.98. The van der Waals surface area contributed by atoms with Crippen LogP contribution >= 0.6 is 23.1 Å². The summed E-state index contributed by atoms with van der Waals surface area (Å²) in [4.78, 5) is 16.2. The number of rotatable bonds is 5. The molecule has 2 rings (SSSR count). The van der Waals surface area contributed by atoms with Gasteiger partial charge in [-0.25, -0.2) is 4.98 Å². The number of nitrogens with zero attached hydrogens (tertiary/aromatic N) is 2. The Labute approximate surface area is 101 Å². The van der Waals surface area contributed by atoms with E-state index in [-0.39, 0.29) is 5.91 Å². The Morgan fingerprint density at radius 1 is 1.62 bits per heavy atom. The highest BCUT2D eigenvalue weighted by Crippen LogP contribution is 2.10. The van der Waals surface area contributed by atoms with Crippen molar-refractivity contribution in [1.82, 2.24) is 20.5 Å². The normalized spacial score (nSPS) is 10.2. The minimum Gasteiger partial charge on any atom is -0.350 e. The summed E-state index contributed by atoms with van der Waals surface area (Å²) in [7, 11) is 0. The first-order valence-corrected chi connectivity index (χ1v) is 6.52. The maximum absolute atomic E-state index is 11.5. The average molecular weight is 254 g/mol. The lowest BCUT2D eigenvalue weighted by atomic mass is 10.4. The van der Waals surface area contributed by atoms with Gasteiger partial charge in [-0.05, 0) is 11.4 Å². The van der Waals surface area contributed by atoms with E-state index < -0.39 is 0 Å². The van der Waals surface area contributed by atoms with Crippen molar-refractivity contribution >= 4 is 29.0 Å². The third kappa shape index (κ3) is 3.07. The largest absolute Gasteiger partial charge is 0.350 e. The van der Waals surface area contributed by atoms with E-state index in [0.717, 1.165) is 15.8 Å². The molecular weight excluding hydrogens is 244 g/mol. The van der Waals surface area contributed by atoms with Crippen LogP contribution in [0, 0.1) is 0 Å². The average Bonchev–Trinajstić information content (AvgIpc) is 2.96. The van der Waals surface area contributed by atoms with Gasteiger partial charge in [-0.3, -0.25) is 9.89 Å². The summed E-state index contributed by atoms with van der Waals surface area (Å²) in [6.07, 6.45) is 1.46. The molecule has 0 atom stereocenters. The summed E-state index contributed by atoms with van der Waals surface area (Å²) in [6.45, 7) is 0.613. The smallest absolute Gasteiger partial charge is 0.261 e. The van der Waals surface area contributed by atoms with E-state index in [0.29, 0.717) is 6.54 Å². The van der Waals surface area contributed by atoms with Crippen molar-refractivity contribution in [2.24, 2.45) is 0 Å². The lowest BCUT2D eigenvalue weighted by molar-refractivity contribution is 0.0960. The van der Waals surface area contributed by atoms with E-state index >= 15 is 0 Å². The molecule has 0 spiro atoms. The predicted octanol–water partition coefficient (Wildman–Crippen LogP) is 1.39. The second kappa shape index (κ2) is 5.66. The SMILES string of the molecule is O=C(NCCSc1ncn[nH]1)c1cccs1. The second-order valence-corrected chi connectivity index (χ2v) is 4.90. The molecule has 1 amide bonds. The van der Waals surface area contributed by atoms with Crippen LogP contribution in [0.15, 0.2) is 29.0 Å². The number of thioether (sulfide) groups is 1. The van der Waals surface area contributed by atoms with Gasteiger partial charge in [0.25, 0.3) is 5.91 Å². The van der Waals surface area contributed by atoms with E-state index in [1.807, 2.05) is 17.5 Å². The van der Waals surface area contributed by atoms with Gasteiger partial charge in [0.1, 0.15) is 6.33 Å². The zero-order chi connectivity index (χ0) is 11.2. The Bertz CT molecular complexity index is 426. The van der Waals surface area contributed by atoms with E-state index in [9.17, 15) is 4.79 Å². The number of carbonyl (C=O) groups is 1. The fourth-order valence-corrected chi connectivity index (χ4v) is 2.35. The van der Waals surface area contributed by atoms with Crippen LogP contribution in [0.2, 0.25) is 0 Å². The highest BCUT2D eigenvalue weighted by molar-refractivity contribution is 7.99. The molecule has 0 bridgehead atoms. The third-order valence-electron chi connectivity index (χ3n) is 1.76. The molecule has 0 saturated carbocycles. The van der Waals surface area contributed by atoms with E-state index in [1.54, 1.807) is 0 Å². The molecule has 0 radical (unpaired) electrons. The van der Waals surface area contributed by atoms with Crippen LogP contribution in [0.1, 0.15) is 9.67 Å². The molecule has 0 aliphatic heterocycles. The number of hydrogen-bond acceptors (Lipinski definition) is 5. The predicted molar refractivity (Wildman–Crippen MR) is 63.8 cm³/mol. The van der Waals surface area contributed by atoms with Gasteiger partial charge < -0.3 is 5.32 Å². The number of carbonyl (C=O) groups excluding carboxylic acids is 1. The zero-order valence-electron chi connectivity index (χ0n) is 8.34. The Morgan fingerprint density at radius 2 is 2.56 bits per heavy atom. The molecule has 0 aliphatic carbocycles. The summed E-state index contributed by atoms with van der Waals surface area (Å²) < 4.78 is 0. The molecule has 0 fully saturated rings. The number of aromatic amines is 1. The van der Waals surface area contributed by atoms with Crippen LogP contribution in [0.25, 0.3) is 0 Å². The molecular formula is C9H10N4OS2. The van der Waals surface area contributed by atoms with Gasteiger partial charge >= 0.3 is 0 Å². The first-order chi connectivity index (χ1) is 7.86. The quantitative estimate of drug-likeness (QED) is 0.625. The van der Waals surface area contributed by atoms with Gasteiger partial charge in [-0.1, -0.05) is 17.8 Å². The van der Waals surface area contributed by atoms with E-state index in [4.69, 9.17) is 0 Å². The Hall–Kier alpha value is -1.34. The first-order valence-electron chi connectivity index (χ1n) is 4.66. The highest BCUT2D eigenvalue weighted by Gasteiger charge is 2.05. The topological polar surface area (TPSA) is 70.7 Å². The van der Waals surface area contributed by atoms with Gasteiger partial charge in [0, 0.05) is 12.3 Å². The van der Waals surface area contributed by atoms with Crippen LogP contribution in [0.5, 0.6) is 0 Å². The molecule has 2 N–H and O–H groups in total. The molecule has 7 heteroatoms. The van der Waals surface area contributed by atoms with Crippen LogP contribution in [0.4, 0.5) is 0 Å². The number of H-pyrrole nitrogens is 1. The number of thiophene rings is 1. The van der Waals surface area contributed by atoms with Crippen molar-refractivity contribution in [3.8, 4) is 0 Å². The molecule has 2 aromatic heterocycles. The molecule has 0 aromatic carbocycles. The summed E-state index contributed by atoms with van der Waals surface area (Å²) in [5.41, 5.74) is 0. The van der Waals surface area contributed by atoms with Crippen molar-refractivity contribution in [2.75, 3.05) is 12.3 Å². The fraction of sp³-hybridized carbons (Fsp3) is 0.222. The minimum absolute atomic E-state index is 0.0202. The molecule has 2 heterocycles. The maximum atomic E-state index is 11.5. The molecule has 5 nitrogen and oxygen atoms in total. The number of amides is 1. The monoisotopic (exact) mass is 254 g/mol. The van der Waals surface area contributed by atoms with Gasteiger partial charge in [-0.15, -0.1) is 11.3 Å². The van der Waals surface area contributed by atoms with Crippen molar-refractivity contribution in [3.63, 3.8) is 0 Å². The maximum Gasteiger partial charge on any atom is 0.261 e. The fourth-order valence-electron chi connectivity index (χ4n) is 1.07. The van der Waals surface area contributed by atoms with Gasteiger partial charge in [-0.2, -0.15) is 5.10 Å². The van der Waals surface area contributed by atoms with Crippen molar-refractivity contribution in [3.05, 3.63) is 28.7 Å². The molecule has 0 aliphatic rings. The van der Waals surface area contributed by atoms with Crippen LogP contribution in [-0.2, 0) is 0 Å². The van der Waals surface area contributed by atoms with Gasteiger partial charge in [0.05, 0.1) is 4.88 Å². The summed E-state index contributed by atoms with van der Waals surface area (Å²) in [5.74, 6) is 0.750. The van der Waals surface area contributed by atoms with Gasteiger partial charge in [0.2, 0.25) is 0 Å². The lowest BCUT2D eigenvalue weighted by Crippen LogP contribution is -2.24. The van der Waals surface area contributed by atoms with Crippen LogP contribution in [-0.4, -0.2) is 33.4 Å². The van der Waals surface area contributed by atoms with Crippen molar-refractivity contribution < 1.29 is 4.79 Å². The first kappa shape index (κ1) is 11.2. The standard InChI is InChI=1S/C9H10N4OS2/c14-8(7-2-1-4-15-7)10-3-5-16-9-11-6-12-13-9/h1-2,4,6H,3,5H2,(H,10,14)(H,11,12,13). The minimum atomic E-state index is -0.0202. The third-order valence-corrected chi connectivity index (χ3v) is 3.51. The summed E-state index contributed by atoms with van der Waals surface area (Å²) in [5, 5.41) is 12.0. The number of nitrogens with one attached hydrogen (secondary N) is 2. The molecule has 16 heavy (non-hydrogen) atoms. The molecule has 2 aromatic rings. The van der Waals surface area contributed by atoms with Crippen LogP contribution in [0.3, 0.4) is 0 Å². The Balaban J connectivity index is 1.67. The number of hydrogen-bond donors (Lipinski definition) is 2. The van der Waals surface area contributed by atoms with Crippen molar-refractivity contribution in [2.45, 2.75) is 5.16 Å². The molecule has 84 valence electrons. The van der Waals surface area contributed by atoms with E-state index in [1.165, 1.54) is 29.4 Å². The number of aromatic nitrogens is 3. The van der Waals surface area contributed by atoms with E-state index in [2.05, 4.69) is 20.5 Å². The summed E-state index contributed by atoms with van der Waals surface area (Å²) >= 11 is 2.97. The Kier molecular flexibility index (Phi) is 3.95. The summed E-state index contributed by atoms with van der Waals surface area (Å²) in [6, 6.07) is 3.67. The molecule has 0 saturated heterocycles. The van der Waals surface area contributed by atoms with Crippen molar-refractivity contribution in [1.29, 1.82) is 0 Å².